The van der Waals surface area contributed by atoms with Crippen molar-refractivity contribution in [1.29, 1.82) is 0 Å². The summed E-state index contributed by atoms with van der Waals surface area (Å²) in [6.07, 6.45) is 0. The number of sulfonamides is 1. The number of amides is 1. The molecule has 0 bridgehead atoms. The first-order valence-electron chi connectivity index (χ1n) is 5.94. The van der Waals surface area contributed by atoms with Crippen LogP contribution in [0.4, 0.5) is 5.69 Å². The third-order valence-electron chi connectivity index (χ3n) is 2.96. The van der Waals surface area contributed by atoms with E-state index in [0.29, 0.717) is 5.75 Å². The van der Waals surface area contributed by atoms with Gasteiger partial charge >= 0.3 is 0 Å². The Bertz CT molecular complexity index is 599. The maximum Gasteiger partial charge on any atom is 0.238 e. The van der Waals surface area contributed by atoms with Gasteiger partial charge in [0.05, 0.1) is 23.6 Å². The Morgan fingerprint density at radius 3 is 2.40 bits per heavy atom. The van der Waals surface area contributed by atoms with Crippen LogP contribution >= 0.6 is 0 Å². The molecule has 0 heterocycles. The molecular formula is C12H19N3O4S. The number of methoxy groups -OCH3 is 1. The van der Waals surface area contributed by atoms with Crippen molar-refractivity contribution in [2.75, 3.05) is 12.4 Å². The SMILES string of the molecule is COc1ccc(S(N)(=O)=O)cc1NC(=O)C(C)C(C)N. The first-order chi connectivity index (χ1) is 9.16. The van der Waals surface area contributed by atoms with E-state index in [1.165, 1.54) is 25.3 Å². The fraction of sp³-hybridized carbons (Fsp3) is 0.417. The van der Waals surface area contributed by atoms with Crippen LogP contribution in [-0.2, 0) is 14.8 Å². The van der Waals surface area contributed by atoms with Crippen LogP contribution in [-0.4, -0.2) is 27.5 Å². The Morgan fingerprint density at radius 1 is 1.35 bits per heavy atom. The fourth-order valence-electron chi connectivity index (χ4n) is 1.45. The maximum absolute atomic E-state index is 12.0. The van der Waals surface area contributed by atoms with Crippen molar-refractivity contribution in [2.24, 2.45) is 16.8 Å². The lowest BCUT2D eigenvalue weighted by Gasteiger charge is -2.17. The van der Waals surface area contributed by atoms with Crippen LogP contribution in [0, 0.1) is 5.92 Å². The quantitative estimate of drug-likeness (QED) is 0.719. The Kier molecular flexibility index (Phi) is 5.09. The van der Waals surface area contributed by atoms with E-state index in [9.17, 15) is 13.2 Å². The van der Waals surface area contributed by atoms with Crippen LogP contribution < -0.4 is 20.9 Å². The molecule has 2 unspecified atom stereocenters. The molecule has 1 rings (SSSR count). The predicted octanol–water partition coefficient (Wildman–Crippen LogP) is 0.264. The molecule has 1 aromatic rings. The summed E-state index contributed by atoms with van der Waals surface area (Å²) in [5.41, 5.74) is 5.89. The van der Waals surface area contributed by atoms with E-state index >= 15 is 0 Å². The van der Waals surface area contributed by atoms with Crippen LogP contribution in [0.1, 0.15) is 13.8 Å². The van der Waals surface area contributed by atoms with Gasteiger partial charge in [0.25, 0.3) is 0 Å². The number of benzene rings is 1. The van der Waals surface area contributed by atoms with Gasteiger partial charge in [-0.3, -0.25) is 4.79 Å². The van der Waals surface area contributed by atoms with Gasteiger partial charge in [-0.2, -0.15) is 0 Å². The van der Waals surface area contributed by atoms with Gasteiger partial charge in [-0.15, -0.1) is 0 Å². The molecule has 7 nitrogen and oxygen atoms in total. The minimum Gasteiger partial charge on any atom is -0.495 e. The monoisotopic (exact) mass is 301 g/mol. The van der Waals surface area contributed by atoms with Crippen molar-refractivity contribution in [3.05, 3.63) is 18.2 Å². The van der Waals surface area contributed by atoms with Gasteiger partial charge in [-0.1, -0.05) is 6.92 Å². The van der Waals surface area contributed by atoms with E-state index in [2.05, 4.69) is 5.32 Å². The number of carbonyl (C=O) groups is 1. The van der Waals surface area contributed by atoms with Crippen LogP contribution in [0.3, 0.4) is 0 Å². The molecule has 1 amide bonds. The summed E-state index contributed by atoms with van der Waals surface area (Å²) in [5.74, 6) is -0.426. The number of primary sulfonamides is 1. The summed E-state index contributed by atoms with van der Waals surface area (Å²) in [5, 5.41) is 7.65. The normalized spacial score (nSPS) is 14.4. The van der Waals surface area contributed by atoms with E-state index < -0.39 is 15.9 Å². The molecule has 112 valence electrons. The highest BCUT2D eigenvalue weighted by Crippen LogP contribution is 2.27. The van der Waals surface area contributed by atoms with E-state index in [1.54, 1.807) is 13.8 Å². The molecule has 0 fully saturated rings. The van der Waals surface area contributed by atoms with Crippen LogP contribution in [0.5, 0.6) is 5.75 Å². The highest BCUT2D eigenvalue weighted by Gasteiger charge is 2.19. The second-order valence-corrected chi connectivity index (χ2v) is 6.11. The van der Waals surface area contributed by atoms with Crippen LogP contribution in [0.15, 0.2) is 23.1 Å². The summed E-state index contributed by atoms with van der Waals surface area (Å²) in [6.45, 7) is 3.39. The third-order valence-corrected chi connectivity index (χ3v) is 3.87. The summed E-state index contributed by atoms with van der Waals surface area (Å²) < 4.78 is 27.7. The highest BCUT2D eigenvalue weighted by atomic mass is 32.2. The predicted molar refractivity (Wildman–Crippen MR) is 75.8 cm³/mol. The van der Waals surface area contributed by atoms with Crippen molar-refractivity contribution in [3.63, 3.8) is 0 Å². The van der Waals surface area contributed by atoms with Crippen molar-refractivity contribution in [1.82, 2.24) is 0 Å². The highest BCUT2D eigenvalue weighted by molar-refractivity contribution is 7.89. The zero-order chi connectivity index (χ0) is 15.5. The number of nitrogens with two attached hydrogens (primary N) is 2. The summed E-state index contributed by atoms with van der Waals surface area (Å²) in [7, 11) is -2.44. The molecule has 2 atom stereocenters. The van der Waals surface area contributed by atoms with Gasteiger partial charge in [-0.05, 0) is 25.1 Å². The smallest absolute Gasteiger partial charge is 0.238 e. The number of hydrogen-bond acceptors (Lipinski definition) is 5. The minimum atomic E-state index is -3.85. The first kappa shape index (κ1) is 16.4. The Hall–Kier alpha value is -1.64. The van der Waals surface area contributed by atoms with Crippen molar-refractivity contribution < 1.29 is 17.9 Å². The molecule has 0 aliphatic rings. The average Bonchev–Trinajstić information content (AvgIpc) is 2.36. The Balaban J connectivity index is 3.13. The number of anilines is 1. The molecule has 0 aliphatic heterocycles. The number of ether oxygens (including phenoxy) is 1. The van der Waals surface area contributed by atoms with E-state index in [0.717, 1.165) is 0 Å². The molecule has 1 aromatic carbocycles. The zero-order valence-corrected chi connectivity index (χ0v) is 12.4. The molecule has 8 heteroatoms. The number of carbonyl (C=O) groups excluding carboxylic acids is 1. The van der Waals surface area contributed by atoms with Gasteiger partial charge in [0, 0.05) is 6.04 Å². The zero-order valence-electron chi connectivity index (χ0n) is 11.6. The summed E-state index contributed by atoms with van der Waals surface area (Å²) in [4.78, 5) is 11.8. The number of hydrogen-bond donors (Lipinski definition) is 3. The van der Waals surface area contributed by atoms with E-state index in [-0.39, 0.29) is 22.5 Å². The van der Waals surface area contributed by atoms with Gasteiger partial charge < -0.3 is 15.8 Å². The minimum absolute atomic E-state index is 0.109. The summed E-state index contributed by atoms with van der Waals surface area (Å²) >= 11 is 0. The first-order valence-corrected chi connectivity index (χ1v) is 7.48. The van der Waals surface area contributed by atoms with Crippen LogP contribution in [0.25, 0.3) is 0 Å². The lowest BCUT2D eigenvalue weighted by molar-refractivity contribution is -0.119. The molecule has 0 aromatic heterocycles. The lowest BCUT2D eigenvalue weighted by atomic mass is 10.0. The molecule has 5 N–H and O–H groups in total. The van der Waals surface area contributed by atoms with E-state index in [1.807, 2.05) is 0 Å². The molecular weight excluding hydrogens is 282 g/mol. The van der Waals surface area contributed by atoms with Crippen LogP contribution in [0.2, 0.25) is 0 Å². The Labute approximate surface area is 118 Å². The van der Waals surface area contributed by atoms with Crippen molar-refractivity contribution in [3.8, 4) is 5.75 Å². The molecule has 0 radical (unpaired) electrons. The molecule has 0 spiro atoms. The van der Waals surface area contributed by atoms with Gasteiger partial charge in [0.2, 0.25) is 15.9 Å². The summed E-state index contributed by atoms with van der Waals surface area (Å²) in [6, 6.07) is 3.65. The molecule has 0 saturated carbocycles. The molecule has 20 heavy (non-hydrogen) atoms. The molecule has 0 saturated heterocycles. The molecule has 0 aliphatic carbocycles. The Morgan fingerprint density at radius 2 is 1.95 bits per heavy atom. The number of rotatable bonds is 5. The third kappa shape index (κ3) is 3.92. The maximum atomic E-state index is 12.0. The van der Waals surface area contributed by atoms with Crippen molar-refractivity contribution >= 4 is 21.6 Å². The lowest BCUT2D eigenvalue weighted by Crippen LogP contribution is -2.34. The second kappa shape index (κ2) is 6.21. The van der Waals surface area contributed by atoms with Crippen molar-refractivity contribution in [2.45, 2.75) is 24.8 Å². The topological polar surface area (TPSA) is 125 Å². The van der Waals surface area contributed by atoms with Gasteiger partial charge in [-0.25, -0.2) is 13.6 Å². The largest absolute Gasteiger partial charge is 0.495 e. The second-order valence-electron chi connectivity index (χ2n) is 4.54. The van der Waals surface area contributed by atoms with Gasteiger partial charge in [0.1, 0.15) is 5.75 Å². The van der Waals surface area contributed by atoms with E-state index in [4.69, 9.17) is 15.6 Å². The van der Waals surface area contributed by atoms with Gasteiger partial charge in [0.15, 0.2) is 0 Å². The number of nitrogens with one attached hydrogen (secondary N) is 1. The average molecular weight is 301 g/mol. The standard InChI is InChI=1S/C12H19N3O4S/c1-7(8(2)13)12(16)15-10-6-9(20(14,17)18)4-5-11(10)19-3/h4-8H,13H2,1-3H3,(H,15,16)(H2,14,17,18). The fourth-order valence-corrected chi connectivity index (χ4v) is 1.99.